The van der Waals surface area contributed by atoms with E-state index in [2.05, 4.69) is 0 Å². The van der Waals surface area contributed by atoms with Crippen molar-refractivity contribution in [2.75, 3.05) is 19.6 Å². The molecule has 0 aromatic heterocycles. The first-order chi connectivity index (χ1) is 9.03. The van der Waals surface area contributed by atoms with Crippen molar-refractivity contribution in [3.05, 3.63) is 0 Å². The van der Waals surface area contributed by atoms with Crippen molar-refractivity contribution in [3.63, 3.8) is 0 Å². The van der Waals surface area contributed by atoms with E-state index in [1.807, 2.05) is 0 Å². The van der Waals surface area contributed by atoms with Crippen molar-refractivity contribution in [3.8, 4) is 0 Å². The quantitative estimate of drug-likeness (QED) is 0.800. The number of ether oxygens (including phenoxy) is 1. The highest BCUT2D eigenvalue weighted by molar-refractivity contribution is 7.86. The minimum absolute atomic E-state index is 0.0990. The maximum absolute atomic E-state index is 12.7. The minimum Gasteiger partial charge on any atom is -0.480 e. The summed E-state index contributed by atoms with van der Waals surface area (Å²) < 4.78 is 33.2. The van der Waals surface area contributed by atoms with E-state index < -0.39 is 21.7 Å². The fourth-order valence-corrected chi connectivity index (χ4v) is 4.47. The van der Waals surface area contributed by atoms with Gasteiger partial charge in [-0.05, 0) is 27.7 Å². The molecular weight excluding hydrogens is 284 g/mol. The first-order valence-electron chi connectivity index (χ1n) is 6.70. The largest absolute Gasteiger partial charge is 0.480 e. The highest BCUT2D eigenvalue weighted by Crippen LogP contribution is 2.24. The molecule has 118 valence electrons. The van der Waals surface area contributed by atoms with Gasteiger partial charge in [-0.2, -0.15) is 17.0 Å². The number of hydrogen-bond acceptors (Lipinski definition) is 4. The van der Waals surface area contributed by atoms with Gasteiger partial charge in [0.2, 0.25) is 0 Å². The highest BCUT2D eigenvalue weighted by Gasteiger charge is 2.45. The van der Waals surface area contributed by atoms with Gasteiger partial charge in [0.1, 0.15) is 5.54 Å². The van der Waals surface area contributed by atoms with E-state index in [-0.39, 0.29) is 31.8 Å². The molecule has 0 spiro atoms. The number of likely N-dealkylation sites (N-methyl/N-ethyl adjacent to an activating group) is 1. The summed E-state index contributed by atoms with van der Waals surface area (Å²) in [5.74, 6) is -1.17. The lowest BCUT2D eigenvalue weighted by Gasteiger charge is -2.40. The minimum atomic E-state index is -3.84. The van der Waals surface area contributed by atoms with Gasteiger partial charge >= 0.3 is 5.97 Å². The van der Waals surface area contributed by atoms with E-state index in [1.54, 1.807) is 20.8 Å². The summed E-state index contributed by atoms with van der Waals surface area (Å²) in [4.78, 5) is 11.3. The lowest BCUT2D eigenvalue weighted by atomic mass is 10.1. The Bertz CT molecular complexity index is 452. The monoisotopic (exact) mass is 308 g/mol. The third kappa shape index (κ3) is 3.30. The van der Waals surface area contributed by atoms with E-state index in [1.165, 1.54) is 18.2 Å². The molecule has 1 saturated heterocycles. The van der Waals surface area contributed by atoms with Crippen molar-refractivity contribution in [2.45, 2.75) is 52.4 Å². The fourth-order valence-electron chi connectivity index (χ4n) is 2.41. The average molecular weight is 308 g/mol. The van der Waals surface area contributed by atoms with Crippen LogP contribution in [0, 0.1) is 0 Å². The van der Waals surface area contributed by atoms with Gasteiger partial charge in [0.05, 0.1) is 12.2 Å². The molecule has 20 heavy (non-hydrogen) atoms. The number of carboxylic acid groups (broad SMARTS) is 1. The summed E-state index contributed by atoms with van der Waals surface area (Å²) in [5, 5.41) is 9.26. The third-order valence-corrected chi connectivity index (χ3v) is 5.65. The highest BCUT2D eigenvalue weighted by atomic mass is 32.2. The van der Waals surface area contributed by atoms with Crippen molar-refractivity contribution in [1.29, 1.82) is 0 Å². The van der Waals surface area contributed by atoms with E-state index in [4.69, 9.17) is 4.74 Å². The van der Waals surface area contributed by atoms with Crippen LogP contribution in [0.25, 0.3) is 0 Å². The second-order valence-corrected chi connectivity index (χ2v) is 7.46. The SMILES string of the molecule is CCN(C(C)(C)C(=O)O)S(=O)(=O)N1CC(C)OC(C)C1. The van der Waals surface area contributed by atoms with Gasteiger partial charge in [0, 0.05) is 19.6 Å². The van der Waals surface area contributed by atoms with Gasteiger partial charge in [-0.15, -0.1) is 0 Å². The molecular formula is C12H24N2O5S. The van der Waals surface area contributed by atoms with Crippen molar-refractivity contribution in [2.24, 2.45) is 0 Å². The zero-order valence-electron chi connectivity index (χ0n) is 12.7. The Hall–Kier alpha value is -0.700. The van der Waals surface area contributed by atoms with Crippen LogP contribution in [0.5, 0.6) is 0 Å². The third-order valence-electron chi connectivity index (χ3n) is 3.42. The van der Waals surface area contributed by atoms with Crippen LogP contribution in [0.2, 0.25) is 0 Å². The van der Waals surface area contributed by atoms with Crippen LogP contribution in [-0.4, -0.2) is 65.5 Å². The standard InChI is InChI=1S/C12H24N2O5S/c1-6-14(12(4,5)11(15)16)20(17,18)13-7-9(2)19-10(3)8-13/h9-10H,6-8H2,1-5H3,(H,15,16). The van der Waals surface area contributed by atoms with Gasteiger partial charge in [0.15, 0.2) is 0 Å². The van der Waals surface area contributed by atoms with Crippen LogP contribution >= 0.6 is 0 Å². The predicted octanol–water partition coefficient (Wildman–Crippen LogP) is 0.526. The molecule has 8 heteroatoms. The smallest absolute Gasteiger partial charge is 0.324 e. The Balaban J connectivity index is 3.10. The normalized spacial score (nSPS) is 25.9. The molecule has 1 fully saturated rings. The van der Waals surface area contributed by atoms with E-state index >= 15 is 0 Å². The summed E-state index contributed by atoms with van der Waals surface area (Å²) in [6, 6.07) is 0. The summed E-state index contributed by atoms with van der Waals surface area (Å²) in [6.07, 6.45) is -0.416. The number of carbonyl (C=O) groups is 1. The van der Waals surface area contributed by atoms with Crippen LogP contribution in [0.1, 0.15) is 34.6 Å². The van der Waals surface area contributed by atoms with E-state index in [0.29, 0.717) is 0 Å². The molecule has 0 saturated carbocycles. The lowest BCUT2D eigenvalue weighted by molar-refractivity contribution is -0.146. The molecule has 1 aliphatic rings. The number of morpholine rings is 1. The fraction of sp³-hybridized carbons (Fsp3) is 0.917. The Morgan fingerprint density at radius 3 is 2.15 bits per heavy atom. The molecule has 0 amide bonds. The molecule has 1 N–H and O–H groups in total. The number of hydrogen-bond donors (Lipinski definition) is 1. The topological polar surface area (TPSA) is 87.2 Å². The number of rotatable bonds is 5. The van der Waals surface area contributed by atoms with Gasteiger partial charge in [-0.3, -0.25) is 4.79 Å². The second kappa shape index (κ2) is 5.97. The predicted molar refractivity (Wildman–Crippen MR) is 74.6 cm³/mol. The Morgan fingerprint density at radius 2 is 1.80 bits per heavy atom. The van der Waals surface area contributed by atoms with E-state index in [0.717, 1.165) is 4.31 Å². The summed E-state index contributed by atoms with van der Waals surface area (Å²) in [7, 11) is -3.84. The van der Waals surface area contributed by atoms with Crippen LogP contribution in [0.15, 0.2) is 0 Å². The summed E-state index contributed by atoms with van der Waals surface area (Å²) in [5.41, 5.74) is -1.49. The van der Waals surface area contributed by atoms with Crippen LogP contribution in [0.4, 0.5) is 0 Å². The van der Waals surface area contributed by atoms with Gasteiger partial charge in [-0.25, -0.2) is 0 Å². The summed E-state index contributed by atoms with van der Waals surface area (Å²) in [6.45, 7) is 8.59. The van der Waals surface area contributed by atoms with Crippen LogP contribution < -0.4 is 0 Å². The van der Waals surface area contributed by atoms with Gasteiger partial charge < -0.3 is 9.84 Å². The molecule has 1 aliphatic heterocycles. The Kier molecular flexibility index (Phi) is 5.18. The Morgan fingerprint density at radius 1 is 1.35 bits per heavy atom. The van der Waals surface area contributed by atoms with Crippen LogP contribution in [-0.2, 0) is 19.7 Å². The van der Waals surface area contributed by atoms with Crippen LogP contribution in [0.3, 0.4) is 0 Å². The van der Waals surface area contributed by atoms with Gasteiger partial charge in [-0.1, -0.05) is 6.92 Å². The summed E-state index contributed by atoms with van der Waals surface area (Å²) >= 11 is 0. The van der Waals surface area contributed by atoms with Crippen molar-refractivity contribution < 1.29 is 23.1 Å². The van der Waals surface area contributed by atoms with Gasteiger partial charge in [0.25, 0.3) is 10.2 Å². The molecule has 0 aromatic rings. The molecule has 0 radical (unpaired) electrons. The first-order valence-corrected chi connectivity index (χ1v) is 8.10. The first kappa shape index (κ1) is 17.4. The number of carboxylic acids is 1. The molecule has 1 heterocycles. The molecule has 0 aromatic carbocycles. The molecule has 7 nitrogen and oxygen atoms in total. The second-order valence-electron chi connectivity index (χ2n) is 5.61. The molecule has 0 bridgehead atoms. The maximum atomic E-state index is 12.7. The zero-order valence-corrected chi connectivity index (χ0v) is 13.5. The lowest BCUT2D eigenvalue weighted by Crippen LogP contribution is -2.60. The maximum Gasteiger partial charge on any atom is 0.324 e. The van der Waals surface area contributed by atoms with Crippen molar-refractivity contribution >= 4 is 16.2 Å². The number of aliphatic carboxylic acids is 1. The van der Waals surface area contributed by atoms with Crippen molar-refractivity contribution in [1.82, 2.24) is 8.61 Å². The molecule has 0 aliphatic carbocycles. The number of nitrogens with zero attached hydrogens (tertiary/aromatic N) is 2. The van der Waals surface area contributed by atoms with E-state index in [9.17, 15) is 18.3 Å². The molecule has 2 unspecified atom stereocenters. The zero-order chi connectivity index (χ0) is 15.7. The average Bonchev–Trinajstić information content (AvgIpc) is 2.27. The Labute approximate surface area is 120 Å². The molecule has 1 rings (SSSR count). The molecule has 2 atom stereocenters.